The number of aryl methyl sites for hydroxylation is 1. The molecule has 0 aliphatic heterocycles. The van der Waals surface area contributed by atoms with E-state index < -0.39 is 0 Å². The molecule has 1 aliphatic carbocycles. The number of aromatic nitrogens is 4. The lowest BCUT2D eigenvalue weighted by Crippen LogP contribution is -2.17. The van der Waals surface area contributed by atoms with E-state index in [2.05, 4.69) is 15.4 Å². The molecule has 0 spiro atoms. The number of fused-ring (bicyclic) bond motifs is 2. The Balaban J connectivity index is 1.47. The lowest BCUT2D eigenvalue weighted by molar-refractivity contribution is 0.593. The Kier molecular flexibility index (Phi) is 3.98. The molecule has 5 rings (SSSR count). The Hall–Kier alpha value is -2.65. The maximum absolute atomic E-state index is 13.2. The normalized spacial score (nSPS) is 16.4. The van der Waals surface area contributed by atoms with Crippen molar-refractivity contribution >= 4 is 32.8 Å². The van der Waals surface area contributed by atoms with Crippen LogP contribution < -0.4 is 10.9 Å². The van der Waals surface area contributed by atoms with Crippen LogP contribution in [0.2, 0.25) is 0 Å². The van der Waals surface area contributed by atoms with Crippen molar-refractivity contribution in [1.82, 2.24) is 19.6 Å². The van der Waals surface area contributed by atoms with Crippen LogP contribution in [-0.2, 0) is 6.42 Å². The molecule has 0 amide bonds. The fourth-order valence-electron chi connectivity index (χ4n) is 3.23. The maximum atomic E-state index is 13.2. The van der Waals surface area contributed by atoms with Crippen LogP contribution in [-0.4, -0.2) is 19.6 Å². The third-order valence-electron chi connectivity index (χ3n) is 4.51. The van der Waals surface area contributed by atoms with E-state index in [-0.39, 0.29) is 17.4 Å². The molecule has 1 aliphatic rings. The van der Waals surface area contributed by atoms with Gasteiger partial charge in [0.15, 0.2) is 0 Å². The number of anilines is 1. The first-order valence-corrected chi connectivity index (χ1v) is 10.2. The lowest BCUT2D eigenvalue weighted by Gasteiger charge is -2.21. The van der Waals surface area contributed by atoms with Crippen LogP contribution in [0.3, 0.4) is 0 Å². The highest BCUT2D eigenvalue weighted by Crippen LogP contribution is 2.39. The molecule has 0 saturated carbocycles. The van der Waals surface area contributed by atoms with Crippen molar-refractivity contribution < 1.29 is 4.39 Å². The molecule has 3 heterocycles. The average molecular weight is 399 g/mol. The number of thiazole rings is 1. The zero-order valence-corrected chi connectivity index (χ0v) is 15.7. The zero-order valence-electron chi connectivity index (χ0n) is 14.1. The number of nitrogens with zero attached hydrogens (tertiary/aromatic N) is 4. The monoisotopic (exact) mass is 399 g/mol. The van der Waals surface area contributed by atoms with Gasteiger partial charge in [0.05, 0.1) is 11.7 Å². The van der Waals surface area contributed by atoms with E-state index in [0.717, 1.165) is 35.5 Å². The van der Waals surface area contributed by atoms with Crippen molar-refractivity contribution in [1.29, 1.82) is 0 Å². The second-order valence-electron chi connectivity index (χ2n) is 6.31. The first kappa shape index (κ1) is 16.5. The van der Waals surface area contributed by atoms with E-state index in [9.17, 15) is 9.18 Å². The Morgan fingerprint density at radius 3 is 2.85 bits per heavy atom. The van der Waals surface area contributed by atoms with E-state index in [4.69, 9.17) is 4.98 Å². The first-order valence-electron chi connectivity index (χ1n) is 8.54. The fourth-order valence-corrected chi connectivity index (χ4v) is 5.22. The Morgan fingerprint density at radius 2 is 2.04 bits per heavy atom. The summed E-state index contributed by atoms with van der Waals surface area (Å²) in [6.45, 7) is 0. The number of nitrogens with one attached hydrogen (secondary N) is 1. The van der Waals surface area contributed by atoms with Gasteiger partial charge in [0.25, 0.3) is 5.56 Å². The van der Waals surface area contributed by atoms with Crippen LogP contribution in [0.15, 0.2) is 41.3 Å². The summed E-state index contributed by atoms with van der Waals surface area (Å²) in [7, 11) is 0. The molecule has 1 N–H and O–H groups in total. The van der Waals surface area contributed by atoms with Gasteiger partial charge in [-0.15, -0.1) is 16.4 Å². The van der Waals surface area contributed by atoms with E-state index >= 15 is 0 Å². The minimum absolute atomic E-state index is 0.0375. The summed E-state index contributed by atoms with van der Waals surface area (Å²) in [6, 6.07) is 7.86. The number of hydrogen-bond acceptors (Lipinski definition) is 7. The van der Waals surface area contributed by atoms with Gasteiger partial charge in [0, 0.05) is 22.7 Å². The summed E-state index contributed by atoms with van der Waals surface area (Å²) in [5.41, 5.74) is 1.75. The minimum Gasteiger partial charge on any atom is -0.352 e. The maximum Gasteiger partial charge on any atom is 0.275 e. The fraction of sp³-hybridized carbons (Fsp3) is 0.222. The van der Waals surface area contributed by atoms with Gasteiger partial charge in [-0.05, 0) is 43.5 Å². The van der Waals surface area contributed by atoms with Crippen LogP contribution >= 0.6 is 22.7 Å². The number of hydrogen-bond donors (Lipinski definition) is 1. The Bertz CT molecular complexity index is 1180. The first-order chi connectivity index (χ1) is 13.2. The molecule has 6 nitrogen and oxygen atoms in total. The van der Waals surface area contributed by atoms with Gasteiger partial charge in [-0.1, -0.05) is 11.3 Å². The van der Waals surface area contributed by atoms with Crippen molar-refractivity contribution in [2.45, 2.75) is 25.3 Å². The summed E-state index contributed by atoms with van der Waals surface area (Å²) in [5.74, 6) is -0.251. The molecule has 1 unspecified atom stereocenters. The summed E-state index contributed by atoms with van der Waals surface area (Å²) in [6.07, 6.45) is 4.48. The van der Waals surface area contributed by atoms with Crippen LogP contribution in [0.25, 0.3) is 15.5 Å². The van der Waals surface area contributed by atoms with Gasteiger partial charge < -0.3 is 5.32 Å². The highest BCUT2D eigenvalue weighted by Gasteiger charge is 2.26. The molecule has 1 atom stereocenters. The molecular weight excluding hydrogens is 385 g/mol. The highest BCUT2D eigenvalue weighted by atomic mass is 32.1. The van der Waals surface area contributed by atoms with Gasteiger partial charge in [0.2, 0.25) is 10.1 Å². The number of benzene rings is 1. The molecule has 0 radical (unpaired) electrons. The van der Waals surface area contributed by atoms with Crippen LogP contribution in [0.4, 0.5) is 9.52 Å². The van der Waals surface area contributed by atoms with E-state index in [0.29, 0.717) is 10.1 Å². The smallest absolute Gasteiger partial charge is 0.275 e. The van der Waals surface area contributed by atoms with Gasteiger partial charge >= 0.3 is 0 Å². The molecule has 0 fully saturated rings. The predicted octanol–water partition coefficient (Wildman–Crippen LogP) is 3.90. The summed E-state index contributed by atoms with van der Waals surface area (Å²) < 4.78 is 14.5. The van der Waals surface area contributed by atoms with Crippen LogP contribution in [0.1, 0.15) is 29.5 Å². The largest absolute Gasteiger partial charge is 0.352 e. The quantitative estimate of drug-likeness (QED) is 0.566. The van der Waals surface area contributed by atoms with Crippen molar-refractivity contribution in [3.05, 3.63) is 63.3 Å². The molecule has 3 aromatic heterocycles. The van der Waals surface area contributed by atoms with Crippen molar-refractivity contribution in [2.24, 2.45) is 0 Å². The molecule has 136 valence electrons. The highest BCUT2D eigenvalue weighted by molar-refractivity contribution is 7.20. The Labute approximate surface area is 161 Å². The summed E-state index contributed by atoms with van der Waals surface area (Å²) in [5, 5.41) is 9.31. The van der Waals surface area contributed by atoms with E-state index in [1.54, 1.807) is 23.5 Å². The standard InChI is InChI=1S/C18H14FN5OS2/c19-11-6-4-10(5-7-11)16-22-15-12(2-1-3-13(15)26-16)21-17-23-24-14(25)8-9-20-18(24)27-17/h4-9,12H,1-3H2,(H,21,23). The van der Waals surface area contributed by atoms with Crippen LogP contribution in [0.5, 0.6) is 0 Å². The molecule has 0 bridgehead atoms. The van der Waals surface area contributed by atoms with Gasteiger partial charge in [0.1, 0.15) is 10.8 Å². The van der Waals surface area contributed by atoms with Crippen LogP contribution in [0, 0.1) is 5.82 Å². The molecule has 9 heteroatoms. The second kappa shape index (κ2) is 6.50. The topological polar surface area (TPSA) is 72.2 Å². The summed E-state index contributed by atoms with van der Waals surface area (Å²) >= 11 is 3.01. The van der Waals surface area contributed by atoms with E-state index in [1.165, 1.54) is 45.1 Å². The molecule has 0 saturated heterocycles. The van der Waals surface area contributed by atoms with E-state index in [1.807, 2.05) is 0 Å². The zero-order chi connectivity index (χ0) is 18.4. The summed E-state index contributed by atoms with van der Waals surface area (Å²) in [4.78, 5) is 22.7. The molecule has 4 aromatic rings. The average Bonchev–Trinajstić information content (AvgIpc) is 3.27. The van der Waals surface area contributed by atoms with Crippen molar-refractivity contribution in [3.8, 4) is 10.6 Å². The molecule has 1 aromatic carbocycles. The molecular formula is C18H14FN5OS2. The van der Waals surface area contributed by atoms with Gasteiger partial charge in [-0.3, -0.25) is 4.79 Å². The van der Waals surface area contributed by atoms with Gasteiger partial charge in [-0.2, -0.15) is 4.52 Å². The third-order valence-corrected chi connectivity index (χ3v) is 6.55. The van der Waals surface area contributed by atoms with Crippen molar-refractivity contribution in [2.75, 3.05) is 5.32 Å². The predicted molar refractivity (Wildman–Crippen MR) is 104 cm³/mol. The third kappa shape index (κ3) is 3.02. The number of rotatable bonds is 3. The van der Waals surface area contributed by atoms with Crippen molar-refractivity contribution in [3.63, 3.8) is 0 Å². The number of halogens is 1. The van der Waals surface area contributed by atoms with Gasteiger partial charge in [-0.25, -0.2) is 14.4 Å². The lowest BCUT2D eigenvalue weighted by atomic mass is 9.98. The molecule has 27 heavy (non-hydrogen) atoms. The second-order valence-corrected chi connectivity index (χ2v) is 8.35. The minimum atomic E-state index is -0.251. The SMILES string of the molecule is O=c1ccnc2sc(NC3CCCc4sc(-c5ccc(F)cc5)nc43)nn12. The Morgan fingerprint density at radius 1 is 1.19 bits per heavy atom.